The Morgan fingerprint density at radius 1 is 1.41 bits per heavy atom. The molecule has 0 aromatic heterocycles. The summed E-state index contributed by atoms with van der Waals surface area (Å²) in [6.45, 7) is 2.21. The van der Waals surface area contributed by atoms with Gasteiger partial charge in [0.2, 0.25) is 0 Å². The fourth-order valence-electron chi connectivity index (χ4n) is 1.95. The van der Waals surface area contributed by atoms with Crippen LogP contribution in [0.2, 0.25) is 0 Å². The van der Waals surface area contributed by atoms with Gasteiger partial charge in [-0.3, -0.25) is 4.79 Å². The van der Waals surface area contributed by atoms with E-state index in [9.17, 15) is 4.79 Å². The van der Waals surface area contributed by atoms with Gasteiger partial charge in [-0.25, -0.2) is 0 Å². The summed E-state index contributed by atoms with van der Waals surface area (Å²) in [6, 6.07) is 8.03. The fourth-order valence-corrected chi connectivity index (χ4v) is 1.95. The minimum atomic E-state index is -0.262. The Bertz CT molecular complexity index is 382. The van der Waals surface area contributed by atoms with Crippen LogP contribution in [0.5, 0.6) is 0 Å². The van der Waals surface area contributed by atoms with Gasteiger partial charge in [0, 0.05) is 6.04 Å². The maximum Gasteiger partial charge on any atom is 0.307 e. The monoisotopic (exact) mass is 233 g/mol. The van der Waals surface area contributed by atoms with E-state index >= 15 is 0 Å². The molecule has 17 heavy (non-hydrogen) atoms. The van der Waals surface area contributed by atoms with Crippen LogP contribution in [-0.4, -0.2) is 12.6 Å². The first-order valence-corrected chi connectivity index (χ1v) is 6.21. The van der Waals surface area contributed by atoms with Crippen LogP contribution in [0, 0.1) is 0 Å². The molecule has 2 N–H and O–H groups in total. The van der Waals surface area contributed by atoms with Crippen LogP contribution in [0.1, 0.15) is 49.3 Å². The summed E-state index contributed by atoms with van der Waals surface area (Å²) < 4.78 is 4.89. The number of ether oxygens (including phenoxy) is 1. The van der Waals surface area contributed by atoms with Crippen molar-refractivity contribution in [3.8, 4) is 0 Å². The van der Waals surface area contributed by atoms with E-state index in [-0.39, 0.29) is 18.4 Å². The minimum absolute atomic E-state index is 0.230. The fraction of sp³-hybridized carbons (Fsp3) is 0.500. The smallest absolute Gasteiger partial charge is 0.307 e. The van der Waals surface area contributed by atoms with Gasteiger partial charge in [0.1, 0.15) is 0 Å². The first kappa shape index (κ1) is 12.1. The van der Waals surface area contributed by atoms with Crippen LogP contribution in [0.4, 0.5) is 0 Å². The van der Waals surface area contributed by atoms with Crippen LogP contribution in [0.25, 0.3) is 0 Å². The molecular weight excluding hydrogens is 214 g/mol. The van der Waals surface area contributed by atoms with Gasteiger partial charge in [0.15, 0.2) is 0 Å². The van der Waals surface area contributed by atoms with E-state index in [2.05, 4.69) is 12.1 Å². The molecule has 1 fully saturated rings. The Kier molecular flexibility index (Phi) is 3.79. The van der Waals surface area contributed by atoms with Crippen molar-refractivity contribution in [2.45, 2.75) is 38.1 Å². The molecule has 0 bridgehead atoms. The van der Waals surface area contributed by atoms with Gasteiger partial charge in [0.05, 0.1) is 13.0 Å². The van der Waals surface area contributed by atoms with Gasteiger partial charge in [-0.2, -0.15) is 0 Å². The first-order valence-electron chi connectivity index (χ1n) is 6.21. The van der Waals surface area contributed by atoms with E-state index in [4.69, 9.17) is 10.5 Å². The highest BCUT2D eigenvalue weighted by atomic mass is 16.5. The molecule has 1 aliphatic rings. The van der Waals surface area contributed by atoms with Gasteiger partial charge >= 0.3 is 5.97 Å². The van der Waals surface area contributed by atoms with Gasteiger partial charge < -0.3 is 10.5 Å². The zero-order valence-corrected chi connectivity index (χ0v) is 10.2. The molecule has 0 aliphatic heterocycles. The van der Waals surface area contributed by atoms with Gasteiger partial charge in [-0.15, -0.1) is 0 Å². The average Bonchev–Trinajstić information content (AvgIpc) is 3.13. The second kappa shape index (κ2) is 5.32. The van der Waals surface area contributed by atoms with E-state index in [0.29, 0.717) is 6.61 Å². The lowest BCUT2D eigenvalue weighted by atomic mass is 10.0. The van der Waals surface area contributed by atoms with E-state index in [1.54, 1.807) is 6.92 Å². The zero-order valence-electron chi connectivity index (χ0n) is 10.2. The maximum absolute atomic E-state index is 11.3. The van der Waals surface area contributed by atoms with Crippen molar-refractivity contribution in [2.75, 3.05) is 6.61 Å². The van der Waals surface area contributed by atoms with Crippen molar-refractivity contribution >= 4 is 5.97 Å². The molecule has 0 radical (unpaired) electrons. The Balaban J connectivity index is 1.93. The van der Waals surface area contributed by atoms with Crippen LogP contribution >= 0.6 is 0 Å². The lowest BCUT2D eigenvalue weighted by Crippen LogP contribution is -2.17. The van der Waals surface area contributed by atoms with Crippen LogP contribution in [-0.2, 0) is 9.53 Å². The number of hydrogen-bond donors (Lipinski definition) is 1. The molecule has 0 heterocycles. The number of nitrogens with two attached hydrogens (primary N) is 1. The van der Waals surface area contributed by atoms with Gasteiger partial charge in [0.25, 0.3) is 0 Å². The van der Waals surface area contributed by atoms with E-state index in [1.165, 1.54) is 18.4 Å². The molecule has 2 rings (SSSR count). The highest BCUT2D eigenvalue weighted by molar-refractivity contribution is 5.70. The van der Waals surface area contributed by atoms with Crippen LogP contribution in [0.15, 0.2) is 24.3 Å². The Hall–Kier alpha value is -1.35. The maximum atomic E-state index is 11.3. The normalized spacial score (nSPS) is 16.6. The number of esters is 1. The number of benzene rings is 1. The molecule has 3 heteroatoms. The summed E-state index contributed by atoms with van der Waals surface area (Å²) in [7, 11) is 0. The summed E-state index contributed by atoms with van der Waals surface area (Å²) in [5.74, 6) is 0.525. The highest BCUT2D eigenvalue weighted by Gasteiger charge is 2.23. The molecule has 1 aromatic rings. The largest absolute Gasteiger partial charge is 0.466 e. The quantitative estimate of drug-likeness (QED) is 0.795. The van der Waals surface area contributed by atoms with Crippen molar-refractivity contribution in [1.29, 1.82) is 0 Å². The van der Waals surface area contributed by atoms with E-state index in [0.717, 1.165) is 11.5 Å². The topological polar surface area (TPSA) is 52.3 Å². The third-order valence-corrected chi connectivity index (χ3v) is 3.11. The lowest BCUT2D eigenvalue weighted by molar-refractivity contribution is -0.143. The predicted molar refractivity (Wildman–Crippen MR) is 66.6 cm³/mol. The number of carbonyl (C=O) groups excluding carboxylic acids is 1. The van der Waals surface area contributed by atoms with Crippen molar-refractivity contribution < 1.29 is 9.53 Å². The van der Waals surface area contributed by atoms with E-state index < -0.39 is 0 Å². The Morgan fingerprint density at radius 2 is 2.06 bits per heavy atom. The number of carbonyl (C=O) groups is 1. The molecule has 1 saturated carbocycles. The molecule has 3 nitrogen and oxygen atoms in total. The molecule has 1 aliphatic carbocycles. The second-order valence-electron chi connectivity index (χ2n) is 4.56. The SMILES string of the molecule is CCOC(=O)C[C@H](N)c1ccc(C2CC2)cc1. The molecule has 1 aromatic carbocycles. The highest BCUT2D eigenvalue weighted by Crippen LogP contribution is 2.40. The molecule has 0 spiro atoms. The van der Waals surface area contributed by atoms with Crippen LogP contribution in [0.3, 0.4) is 0 Å². The molecule has 0 amide bonds. The summed E-state index contributed by atoms with van der Waals surface area (Å²) in [4.78, 5) is 11.3. The molecule has 0 unspecified atom stereocenters. The summed E-state index contributed by atoms with van der Waals surface area (Å²) in [5, 5.41) is 0. The first-order chi connectivity index (χ1) is 8.20. The standard InChI is InChI=1S/C14H19NO2/c1-2-17-14(16)9-13(15)12-7-5-11(6-8-12)10-3-4-10/h5-8,10,13H,2-4,9,15H2,1H3/t13-/m0/s1. The molecule has 0 saturated heterocycles. The third kappa shape index (κ3) is 3.30. The summed E-state index contributed by atoms with van der Waals surface area (Å²) in [6.07, 6.45) is 2.85. The van der Waals surface area contributed by atoms with Crippen LogP contribution < -0.4 is 5.73 Å². The minimum Gasteiger partial charge on any atom is -0.466 e. The average molecular weight is 233 g/mol. The zero-order chi connectivity index (χ0) is 12.3. The van der Waals surface area contributed by atoms with Crippen molar-refractivity contribution in [2.24, 2.45) is 5.73 Å². The predicted octanol–water partition coefficient (Wildman–Crippen LogP) is 2.52. The van der Waals surface area contributed by atoms with Gasteiger partial charge in [-0.1, -0.05) is 24.3 Å². The Labute approximate surface area is 102 Å². The Morgan fingerprint density at radius 3 is 2.59 bits per heavy atom. The third-order valence-electron chi connectivity index (χ3n) is 3.11. The summed E-state index contributed by atoms with van der Waals surface area (Å²) >= 11 is 0. The molecule has 92 valence electrons. The van der Waals surface area contributed by atoms with Crippen molar-refractivity contribution in [1.82, 2.24) is 0 Å². The van der Waals surface area contributed by atoms with E-state index in [1.807, 2.05) is 12.1 Å². The molecular formula is C14H19NO2. The van der Waals surface area contributed by atoms with Gasteiger partial charge in [-0.05, 0) is 36.8 Å². The number of rotatable bonds is 5. The second-order valence-corrected chi connectivity index (χ2v) is 4.56. The van der Waals surface area contributed by atoms with Crippen molar-refractivity contribution in [3.63, 3.8) is 0 Å². The van der Waals surface area contributed by atoms with Crippen molar-refractivity contribution in [3.05, 3.63) is 35.4 Å². The molecule has 1 atom stereocenters. The number of hydrogen-bond acceptors (Lipinski definition) is 3. The summed E-state index contributed by atoms with van der Waals surface area (Å²) in [5.41, 5.74) is 8.36. The lowest BCUT2D eigenvalue weighted by Gasteiger charge is -2.11.